The minimum absolute atomic E-state index is 0.532. The van der Waals surface area contributed by atoms with Crippen LogP contribution in [0.5, 0.6) is 0 Å². The van der Waals surface area contributed by atoms with Gasteiger partial charge in [-0.25, -0.2) is 0 Å². The van der Waals surface area contributed by atoms with Gasteiger partial charge in [0.1, 0.15) is 0 Å². The van der Waals surface area contributed by atoms with Crippen LogP contribution in [0.1, 0.15) is 30.9 Å². The Balaban J connectivity index is 1.83. The zero-order chi connectivity index (χ0) is 13.1. The fourth-order valence-electron chi connectivity index (χ4n) is 2.78. The number of hydrogen-bond donors (Lipinski definition) is 0. The lowest BCUT2D eigenvalue weighted by Crippen LogP contribution is -2.29. The van der Waals surface area contributed by atoms with Gasteiger partial charge in [0, 0.05) is 30.2 Å². The van der Waals surface area contributed by atoms with Crippen LogP contribution in [-0.4, -0.2) is 28.5 Å². The molecule has 3 nitrogen and oxygen atoms in total. The minimum Gasteiger partial charge on any atom is -0.299 e. The van der Waals surface area contributed by atoms with Crippen LogP contribution in [0.15, 0.2) is 42.9 Å². The van der Waals surface area contributed by atoms with Gasteiger partial charge in [0.05, 0.1) is 5.69 Å². The average Bonchev–Trinajstić information content (AvgIpc) is 2.49. The molecule has 98 valence electrons. The van der Waals surface area contributed by atoms with Crippen LogP contribution in [0.4, 0.5) is 0 Å². The zero-order valence-electron chi connectivity index (χ0n) is 11.3. The summed E-state index contributed by atoms with van der Waals surface area (Å²) in [6, 6.07) is 8.84. The summed E-state index contributed by atoms with van der Waals surface area (Å²) in [4.78, 5) is 11.2. The Morgan fingerprint density at radius 3 is 2.79 bits per heavy atom. The molecule has 3 heterocycles. The monoisotopic (exact) mass is 253 g/mol. The summed E-state index contributed by atoms with van der Waals surface area (Å²) in [5.74, 6) is 0. The van der Waals surface area contributed by atoms with E-state index in [2.05, 4.69) is 34.0 Å². The summed E-state index contributed by atoms with van der Waals surface area (Å²) in [7, 11) is 2.21. The highest BCUT2D eigenvalue weighted by Crippen LogP contribution is 2.29. The molecule has 3 heteroatoms. The first-order chi connectivity index (χ1) is 9.34. The lowest BCUT2D eigenvalue weighted by Gasteiger charge is -2.32. The van der Waals surface area contributed by atoms with Crippen LogP contribution in [0, 0.1) is 0 Å². The van der Waals surface area contributed by atoms with Crippen molar-refractivity contribution in [3.63, 3.8) is 0 Å². The fraction of sp³-hybridized carbons (Fsp3) is 0.375. The van der Waals surface area contributed by atoms with Gasteiger partial charge in [-0.15, -0.1) is 0 Å². The third kappa shape index (κ3) is 2.66. The highest BCUT2D eigenvalue weighted by Gasteiger charge is 2.20. The maximum Gasteiger partial charge on any atom is 0.0717 e. The van der Waals surface area contributed by atoms with E-state index in [1.807, 2.05) is 24.5 Å². The van der Waals surface area contributed by atoms with Gasteiger partial charge in [-0.05, 0) is 50.2 Å². The number of rotatable bonds is 2. The molecule has 2 aromatic heterocycles. The Kier molecular flexibility index (Phi) is 3.56. The van der Waals surface area contributed by atoms with Crippen molar-refractivity contribution in [3.8, 4) is 11.3 Å². The van der Waals surface area contributed by atoms with Gasteiger partial charge >= 0.3 is 0 Å². The van der Waals surface area contributed by atoms with Gasteiger partial charge in [-0.3, -0.25) is 14.9 Å². The van der Waals surface area contributed by atoms with Gasteiger partial charge in [-0.1, -0.05) is 12.5 Å². The van der Waals surface area contributed by atoms with Gasteiger partial charge in [-0.2, -0.15) is 0 Å². The number of likely N-dealkylation sites (tertiary alicyclic amines) is 1. The molecule has 0 saturated carbocycles. The van der Waals surface area contributed by atoms with Crippen LogP contribution in [-0.2, 0) is 0 Å². The number of aromatic nitrogens is 2. The second-order valence-electron chi connectivity index (χ2n) is 5.21. The topological polar surface area (TPSA) is 29.0 Å². The van der Waals surface area contributed by atoms with Gasteiger partial charge in [0.2, 0.25) is 0 Å². The molecule has 0 amide bonds. The Morgan fingerprint density at radius 2 is 2.11 bits per heavy atom. The summed E-state index contributed by atoms with van der Waals surface area (Å²) < 4.78 is 0. The third-order valence-corrected chi connectivity index (χ3v) is 3.90. The van der Waals surface area contributed by atoms with Crippen LogP contribution in [0.2, 0.25) is 0 Å². The largest absolute Gasteiger partial charge is 0.299 e. The standard InChI is InChI=1S/C16H19N3/c1-19-10-3-2-6-16(19)14-7-8-15(18-12-14)13-5-4-9-17-11-13/h4-5,7-9,11-12,16H,2-3,6,10H2,1H3/t16-/m0/s1. The Labute approximate surface area is 114 Å². The molecule has 0 spiro atoms. The Morgan fingerprint density at radius 1 is 1.16 bits per heavy atom. The summed E-state index contributed by atoms with van der Waals surface area (Å²) >= 11 is 0. The van der Waals surface area contributed by atoms with Crippen molar-refractivity contribution in [1.29, 1.82) is 0 Å². The summed E-state index contributed by atoms with van der Waals surface area (Å²) in [6.07, 6.45) is 9.54. The first-order valence-electron chi connectivity index (χ1n) is 6.91. The predicted octanol–water partition coefficient (Wildman–Crippen LogP) is 3.30. The molecule has 2 aromatic rings. The third-order valence-electron chi connectivity index (χ3n) is 3.90. The molecule has 0 radical (unpaired) electrons. The van der Waals surface area contributed by atoms with Crippen molar-refractivity contribution in [2.45, 2.75) is 25.3 Å². The molecule has 1 aliphatic heterocycles. The van der Waals surface area contributed by atoms with E-state index in [0.717, 1.165) is 11.3 Å². The zero-order valence-corrected chi connectivity index (χ0v) is 11.3. The quantitative estimate of drug-likeness (QED) is 0.822. The molecule has 1 atom stereocenters. The van der Waals surface area contributed by atoms with Crippen LogP contribution in [0.3, 0.4) is 0 Å². The number of nitrogens with zero attached hydrogens (tertiary/aromatic N) is 3. The van der Waals surface area contributed by atoms with Crippen molar-refractivity contribution in [2.24, 2.45) is 0 Å². The number of piperidine rings is 1. The minimum atomic E-state index is 0.532. The smallest absolute Gasteiger partial charge is 0.0717 e. The molecule has 0 N–H and O–H groups in total. The molecule has 1 saturated heterocycles. The number of pyridine rings is 2. The maximum absolute atomic E-state index is 4.59. The molecular weight excluding hydrogens is 234 g/mol. The Bertz CT molecular complexity index is 521. The highest BCUT2D eigenvalue weighted by atomic mass is 15.1. The Hall–Kier alpha value is -1.74. The summed E-state index contributed by atoms with van der Waals surface area (Å²) in [5, 5.41) is 0. The van der Waals surface area contributed by atoms with E-state index < -0.39 is 0 Å². The van der Waals surface area contributed by atoms with E-state index in [1.165, 1.54) is 31.4 Å². The lowest BCUT2D eigenvalue weighted by atomic mass is 9.97. The van der Waals surface area contributed by atoms with E-state index >= 15 is 0 Å². The average molecular weight is 253 g/mol. The van der Waals surface area contributed by atoms with Crippen molar-refractivity contribution < 1.29 is 0 Å². The molecular formula is C16H19N3. The first-order valence-corrected chi connectivity index (χ1v) is 6.91. The van der Waals surface area contributed by atoms with Crippen LogP contribution < -0.4 is 0 Å². The molecule has 1 fully saturated rings. The van der Waals surface area contributed by atoms with Crippen LogP contribution in [0.25, 0.3) is 11.3 Å². The summed E-state index contributed by atoms with van der Waals surface area (Å²) in [6.45, 7) is 1.19. The van der Waals surface area contributed by atoms with E-state index in [0.29, 0.717) is 6.04 Å². The lowest BCUT2D eigenvalue weighted by molar-refractivity contribution is 0.187. The second-order valence-corrected chi connectivity index (χ2v) is 5.21. The molecule has 0 unspecified atom stereocenters. The predicted molar refractivity (Wildman–Crippen MR) is 76.7 cm³/mol. The first kappa shape index (κ1) is 12.3. The van der Waals surface area contributed by atoms with Crippen molar-refractivity contribution in [1.82, 2.24) is 14.9 Å². The van der Waals surface area contributed by atoms with Crippen molar-refractivity contribution in [3.05, 3.63) is 48.4 Å². The van der Waals surface area contributed by atoms with E-state index in [4.69, 9.17) is 0 Å². The fourth-order valence-corrected chi connectivity index (χ4v) is 2.78. The van der Waals surface area contributed by atoms with E-state index in [1.54, 1.807) is 6.20 Å². The maximum atomic E-state index is 4.59. The van der Waals surface area contributed by atoms with Crippen molar-refractivity contribution >= 4 is 0 Å². The van der Waals surface area contributed by atoms with E-state index in [9.17, 15) is 0 Å². The van der Waals surface area contributed by atoms with Gasteiger partial charge in [0.15, 0.2) is 0 Å². The second kappa shape index (κ2) is 5.49. The molecule has 19 heavy (non-hydrogen) atoms. The SMILES string of the molecule is CN1CCCC[C@H]1c1ccc(-c2cccnc2)nc1. The molecule has 1 aliphatic rings. The molecule has 0 aliphatic carbocycles. The molecule has 0 aromatic carbocycles. The van der Waals surface area contributed by atoms with Gasteiger partial charge < -0.3 is 0 Å². The number of hydrogen-bond acceptors (Lipinski definition) is 3. The normalized spacial score (nSPS) is 20.4. The van der Waals surface area contributed by atoms with Crippen LogP contribution >= 0.6 is 0 Å². The molecule has 0 bridgehead atoms. The van der Waals surface area contributed by atoms with Crippen molar-refractivity contribution in [2.75, 3.05) is 13.6 Å². The molecule has 3 rings (SSSR count). The summed E-state index contributed by atoms with van der Waals surface area (Å²) in [5.41, 5.74) is 3.40. The highest BCUT2D eigenvalue weighted by molar-refractivity contribution is 5.57. The van der Waals surface area contributed by atoms with E-state index in [-0.39, 0.29) is 0 Å². The van der Waals surface area contributed by atoms with Gasteiger partial charge in [0.25, 0.3) is 0 Å².